The van der Waals surface area contributed by atoms with E-state index in [1.807, 2.05) is 73.6 Å². The third-order valence-corrected chi connectivity index (χ3v) is 15.9. The zero-order valence-corrected chi connectivity index (χ0v) is 38.9. The fourth-order valence-corrected chi connectivity index (χ4v) is 11.7. The van der Waals surface area contributed by atoms with Crippen molar-refractivity contribution in [1.82, 2.24) is 0 Å². The molecule has 336 valence electrons. The van der Waals surface area contributed by atoms with Crippen molar-refractivity contribution in [2.75, 3.05) is 29.5 Å². The summed E-state index contributed by atoms with van der Waals surface area (Å²) in [6.07, 6.45) is 10.1. The minimum Gasteiger partial charge on any atom is -0.344 e. The molecule has 2 heterocycles. The number of rotatable bonds is 13. The average Bonchev–Trinajstić information content (AvgIpc) is 3.53. The molecular weight excluding hydrogens is 912 g/mol. The van der Waals surface area contributed by atoms with Gasteiger partial charge in [-0.25, -0.2) is 0 Å². The summed E-state index contributed by atoms with van der Waals surface area (Å²) in [5, 5.41) is 3.22. The maximum absolute atomic E-state index is 12.0. The van der Waals surface area contributed by atoms with E-state index in [0.717, 1.165) is 62.2 Å². The fraction of sp³-hybridized carbons (Fsp3) is 0.341. The molecule has 0 amide bonds. The summed E-state index contributed by atoms with van der Waals surface area (Å²) in [6, 6.07) is 15.9. The van der Waals surface area contributed by atoms with Crippen LogP contribution in [0.5, 0.6) is 0 Å². The molecule has 63 heavy (non-hydrogen) atoms. The molecule has 0 fully saturated rings. The normalized spacial score (nSPS) is 19.3. The van der Waals surface area contributed by atoms with Crippen LogP contribution in [0.3, 0.4) is 0 Å². The number of benzene rings is 4. The second-order valence-electron chi connectivity index (χ2n) is 17.1. The van der Waals surface area contributed by atoms with Crippen molar-refractivity contribution in [2.45, 2.75) is 80.4 Å². The minimum absolute atomic E-state index is 0.116. The number of allylic oxidation sites excluding steroid dienone is 8. The first-order chi connectivity index (χ1) is 29.2. The molecule has 7 rings (SSSR count). The monoisotopic (exact) mass is 959 g/mol. The Morgan fingerprint density at radius 2 is 1.25 bits per heavy atom. The number of nitrogens with zero attached hydrogens (tertiary/aromatic N) is 2. The molecular formula is C44H48ClN2O12S4+. The predicted molar refractivity (Wildman–Crippen MR) is 245 cm³/mol. The lowest BCUT2D eigenvalue weighted by Gasteiger charge is -2.27. The third kappa shape index (κ3) is 9.46. The first-order valence-corrected chi connectivity index (χ1v) is 26.6. The first-order valence-electron chi connectivity index (χ1n) is 20.1. The van der Waals surface area contributed by atoms with Crippen LogP contribution in [-0.4, -0.2) is 86.8 Å². The zero-order chi connectivity index (χ0) is 46.1. The minimum atomic E-state index is -4.46. The molecule has 0 radical (unpaired) electrons. The van der Waals surface area contributed by atoms with E-state index in [2.05, 4.69) is 0 Å². The quantitative estimate of drug-likeness (QED) is 0.0733. The van der Waals surface area contributed by atoms with Crippen LogP contribution in [0.15, 0.2) is 117 Å². The Kier molecular flexibility index (Phi) is 12.3. The maximum atomic E-state index is 12.0. The van der Waals surface area contributed by atoms with Crippen molar-refractivity contribution < 1.29 is 56.5 Å². The van der Waals surface area contributed by atoms with Crippen LogP contribution < -0.4 is 4.90 Å². The summed E-state index contributed by atoms with van der Waals surface area (Å²) >= 11 is 7.21. The van der Waals surface area contributed by atoms with Crippen LogP contribution in [0.2, 0.25) is 0 Å². The average molecular weight is 961 g/mol. The molecule has 0 unspecified atom stereocenters. The molecule has 4 aromatic rings. The van der Waals surface area contributed by atoms with Gasteiger partial charge in [0.1, 0.15) is 6.54 Å². The van der Waals surface area contributed by atoms with Gasteiger partial charge >= 0.3 is 0 Å². The lowest BCUT2D eigenvalue weighted by Crippen LogP contribution is -2.28. The van der Waals surface area contributed by atoms with E-state index in [1.54, 1.807) is 24.3 Å². The molecule has 19 heteroatoms. The van der Waals surface area contributed by atoms with Crippen LogP contribution in [0.1, 0.15) is 70.9 Å². The van der Waals surface area contributed by atoms with E-state index in [0.29, 0.717) is 28.6 Å². The lowest BCUT2D eigenvalue weighted by atomic mass is 9.78. The van der Waals surface area contributed by atoms with Gasteiger partial charge in [-0.1, -0.05) is 55.8 Å². The largest absolute Gasteiger partial charge is 0.344 e. The van der Waals surface area contributed by atoms with Crippen LogP contribution in [0, 0.1) is 0 Å². The Hall–Kier alpha value is -4.24. The molecule has 4 aromatic carbocycles. The number of anilines is 1. The van der Waals surface area contributed by atoms with E-state index in [1.165, 1.54) is 24.3 Å². The van der Waals surface area contributed by atoms with Crippen LogP contribution in [-0.2, 0) is 51.3 Å². The summed E-state index contributed by atoms with van der Waals surface area (Å²) in [6.45, 7) is 8.53. The van der Waals surface area contributed by atoms with Gasteiger partial charge in [0.2, 0.25) is 5.69 Å². The van der Waals surface area contributed by atoms with Crippen LogP contribution in [0.25, 0.3) is 21.5 Å². The first kappa shape index (κ1) is 46.7. The second-order valence-corrected chi connectivity index (χ2v) is 23.5. The topological polar surface area (TPSA) is 224 Å². The maximum Gasteiger partial charge on any atom is 0.294 e. The highest BCUT2D eigenvalue weighted by molar-refractivity contribution is 7.86. The van der Waals surface area contributed by atoms with Crippen molar-refractivity contribution in [2.24, 2.45) is 0 Å². The smallest absolute Gasteiger partial charge is 0.294 e. The summed E-state index contributed by atoms with van der Waals surface area (Å²) in [7, 11) is -17.4. The van der Waals surface area contributed by atoms with Gasteiger partial charge in [0, 0.05) is 52.5 Å². The van der Waals surface area contributed by atoms with Crippen molar-refractivity contribution in [3.63, 3.8) is 0 Å². The van der Waals surface area contributed by atoms with Crippen molar-refractivity contribution in [3.8, 4) is 0 Å². The summed E-state index contributed by atoms with van der Waals surface area (Å²) in [4.78, 5) is 1.51. The van der Waals surface area contributed by atoms with Gasteiger partial charge in [0.05, 0.1) is 26.7 Å². The van der Waals surface area contributed by atoms with Gasteiger partial charge in [-0.05, 0) is 120 Å². The van der Waals surface area contributed by atoms with E-state index >= 15 is 0 Å². The molecule has 0 spiro atoms. The molecule has 0 atom stereocenters. The Labute approximate surface area is 373 Å². The Bertz CT molecular complexity index is 3220. The summed E-state index contributed by atoms with van der Waals surface area (Å²) in [5.74, 6) is -0.902. The van der Waals surface area contributed by atoms with Gasteiger partial charge in [-0.3, -0.25) is 18.2 Å². The molecule has 3 aliphatic rings. The number of halogens is 1. The van der Waals surface area contributed by atoms with E-state index in [4.69, 9.17) is 11.6 Å². The molecule has 0 bridgehead atoms. The highest BCUT2D eigenvalue weighted by atomic mass is 35.5. The number of hydrogen-bond donors (Lipinski definition) is 4. The molecule has 0 saturated heterocycles. The van der Waals surface area contributed by atoms with Crippen molar-refractivity contribution in [1.29, 1.82) is 0 Å². The standard InChI is InChI=1S/C44H47ClN2O12S4/c1-43(2)38(46(22-6-24-60(48,49)50)36-18-10-30-26-32(62(54,55)56)14-16-34(30)40(36)43)20-12-28-8-5-9-29(42(28)45)13-21-39-44(3,4)41-35-17-15-33(63(57,58)59)27-31(35)11-19-37(41)47(39)23-7-25-61(51,52)53/h10-21,26-27H,5-9,22-25H2,1-4H3,(H3-,48,49,50,51,52,53,54,55,56,57,58,59)/p+1. The fourth-order valence-electron chi connectivity index (χ4n) is 9.32. The Morgan fingerprint density at radius 3 is 1.84 bits per heavy atom. The van der Waals surface area contributed by atoms with E-state index in [9.17, 15) is 51.9 Å². The SMILES string of the molecule is CC1(C)C(/C=C/C2=C(Cl)C(=C/C=C3/N(CCCS(=O)(=O)O)c4ccc5cc(S(=O)(=O)O)ccc5c4C3(C)C)/CCC2)=[N+](CCCS(=O)(=O)O)c2ccc3cc(S(=O)(=O)O)ccc3c21. The molecule has 0 aromatic heterocycles. The second kappa shape index (κ2) is 16.6. The van der Waals surface area contributed by atoms with Crippen LogP contribution in [0.4, 0.5) is 11.4 Å². The Morgan fingerprint density at radius 1 is 0.683 bits per heavy atom. The van der Waals surface area contributed by atoms with Gasteiger partial charge in [0.15, 0.2) is 5.71 Å². The third-order valence-electron chi connectivity index (χ3n) is 12.1. The highest BCUT2D eigenvalue weighted by Crippen LogP contribution is 2.51. The summed E-state index contributed by atoms with van der Waals surface area (Å²) < 4.78 is 135. The molecule has 1 aliphatic carbocycles. The Balaban J connectivity index is 1.28. The highest BCUT2D eigenvalue weighted by Gasteiger charge is 2.46. The van der Waals surface area contributed by atoms with E-state index in [-0.39, 0.29) is 35.7 Å². The van der Waals surface area contributed by atoms with Gasteiger partial charge in [-0.15, -0.1) is 0 Å². The molecule has 14 nitrogen and oxygen atoms in total. The van der Waals surface area contributed by atoms with Gasteiger partial charge < -0.3 is 4.90 Å². The van der Waals surface area contributed by atoms with Gasteiger partial charge in [-0.2, -0.15) is 38.2 Å². The molecule has 0 saturated carbocycles. The van der Waals surface area contributed by atoms with Gasteiger partial charge in [0.25, 0.3) is 40.5 Å². The molecule has 2 aliphatic heterocycles. The predicted octanol–water partition coefficient (Wildman–Crippen LogP) is 8.26. The van der Waals surface area contributed by atoms with Crippen molar-refractivity contribution in [3.05, 3.63) is 118 Å². The van der Waals surface area contributed by atoms with Crippen LogP contribution >= 0.6 is 11.6 Å². The zero-order valence-electron chi connectivity index (χ0n) is 34.9. The molecule has 4 N–H and O–H groups in total. The van der Waals surface area contributed by atoms with Crippen molar-refractivity contribution >= 4 is 90.7 Å². The van der Waals surface area contributed by atoms with E-state index < -0.39 is 62.8 Å². The lowest BCUT2D eigenvalue weighted by molar-refractivity contribution is -0.437. The number of hydrogen-bond acceptors (Lipinski definition) is 9. The number of fused-ring (bicyclic) bond motifs is 6. The summed E-state index contributed by atoms with van der Waals surface area (Å²) in [5.41, 5.74) is 5.28.